The zero-order valence-electron chi connectivity index (χ0n) is 13.4. The Hall–Kier alpha value is -1.56. The van der Waals surface area contributed by atoms with E-state index in [0.29, 0.717) is 19.4 Å². The van der Waals surface area contributed by atoms with E-state index in [1.54, 1.807) is 4.90 Å². The smallest absolute Gasteiger partial charge is 0.264 e. The molecule has 0 radical (unpaired) electrons. The summed E-state index contributed by atoms with van der Waals surface area (Å²) in [6.45, 7) is 2.67. The average Bonchev–Trinajstić information content (AvgIpc) is 3.10. The molecule has 0 bridgehead atoms. The van der Waals surface area contributed by atoms with Crippen molar-refractivity contribution in [3.8, 4) is 5.75 Å². The maximum absolute atomic E-state index is 12.9. The van der Waals surface area contributed by atoms with E-state index < -0.39 is 15.9 Å². The number of unbranched alkanes of at least 4 members (excludes halogenated alkanes) is 1. The molecule has 3 rings (SSSR count). The Bertz CT molecular complexity index is 661. The number of hydrogen-bond acceptors (Lipinski definition) is 4. The van der Waals surface area contributed by atoms with Crippen LogP contribution in [0, 0.1) is 0 Å². The van der Waals surface area contributed by atoms with E-state index >= 15 is 0 Å². The summed E-state index contributed by atoms with van der Waals surface area (Å²) in [6.07, 6.45) is 2.43. The molecule has 1 saturated heterocycles. The first-order chi connectivity index (χ1) is 11.0. The third-order valence-electron chi connectivity index (χ3n) is 4.61. The lowest BCUT2D eigenvalue weighted by Gasteiger charge is -2.30. The topological polar surface area (TPSA) is 63.7 Å². The van der Waals surface area contributed by atoms with Gasteiger partial charge in [0.25, 0.3) is 5.91 Å². The molecule has 0 spiro atoms. The molecule has 23 heavy (non-hydrogen) atoms. The second-order valence-corrected chi connectivity index (χ2v) is 8.59. The van der Waals surface area contributed by atoms with E-state index in [9.17, 15) is 13.2 Å². The van der Waals surface area contributed by atoms with Crippen LogP contribution in [0.25, 0.3) is 0 Å². The Kier molecular flexibility index (Phi) is 4.62. The molecule has 2 aliphatic rings. The van der Waals surface area contributed by atoms with Gasteiger partial charge in [0.05, 0.1) is 11.5 Å². The predicted molar refractivity (Wildman–Crippen MR) is 88.2 cm³/mol. The van der Waals surface area contributed by atoms with Gasteiger partial charge in [-0.25, -0.2) is 8.42 Å². The molecule has 1 fully saturated rings. The standard InChI is InChI=1S/C17H23NO4S/c1-2-3-9-18(14-8-10-23(20,21)12-14)17(19)16-11-13-6-4-5-7-15(13)22-16/h4-7,14,16H,2-3,8-12H2,1H3. The van der Waals surface area contributed by atoms with Crippen molar-refractivity contribution in [3.63, 3.8) is 0 Å². The monoisotopic (exact) mass is 337 g/mol. The van der Waals surface area contributed by atoms with Crippen molar-refractivity contribution >= 4 is 15.7 Å². The first kappa shape index (κ1) is 16.3. The third-order valence-corrected chi connectivity index (χ3v) is 6.36. The number of nitrogens with zero attached hydrogens (tertiary/aromatic N) is 1. The van der Waals surface area contributed by atoms with Crippen molar-refractivity contribution in [3.05, 3.63) is 29.8 Å². The van der Waals surface area contributed by atoms with Gasteiger partial charge in [-0.15, -0.1) is 0 Å². The summed E-state index contributed by atoms with van der Waals surface area (Å²) in [7, 11) is -3.01. The van der Waals surface area contributed by atoms with Gasteiger partial charge in [0.1, 0.15) is 5.75 Å². The molecule has 0 N–H and O–H groups in total. The van der Waals surface area contributed by atoms with Gasteiger partial charge in [0.2, 0.25) is 0 Å². The summed E-state index contributed by atoms with van der Waals surface area (Å²) in [6, 6.07) is 7.47. The van der Waals surface area contributed by atoms with Crippen molar-refractivity contribution in [1.82, 2.24) is 4.90 Å². The lowest BCUT2D eigenvalue weighted by Crippen LogP contribution is -2.48. The van der Waals surface area contributed by atoms with Gasteiger partial charge in [-0.3, -0.25) is 4.79 Å². The molecule has 0 aromatic heterocycles. The number of hydrogen-bond donors (Lipinski definition) is 0. The quantitative estimate of drug-likeness (QED) is 0.822. The minimum Gasteiger partial charge on any atom is -0.480 e. The van der Waals surface area contributed by atoms with Crippen LogP contribution in [0.3, 0.4) is 0 Å². The van der Waals surface area contributed by atoms with Crippen LogP contribution in [0.1, 0.15) is 31.7 Å². The van der Waals surface area contributed by atoms with Crippen molar-refractivity contribution in [2.24, 2.45) is 0 Å². The molecule has 126 valence electrons. The summed E-state index contributed by atoms with van der Waals surface area (Å²) in [5.74, 6) is 0.957. The second kappa shape index (κ2) is 6.51. The first-order valence-corrected chi connectivity index (χ1v) is 10.1. The van der Waals surface area contributed by atoms with Gasteiger partial charge in [-0.2, -0.15) is 0 Å². The zero-order valence-corrected chi connectivity index (χ0v) is 14.2. The fraction of sp³-hybridized carbons (Fsp3) is 0.588. The number of carbonyl (C=O) groups excluding carboxylic acids is 1. The molecule has 1 aromatic carbocycles. The third kappa shape index (κ3) is 3.52. The molecule has 1 amide bonds. The number of para-hydroxylation sites is 1. The van der Waals surface area contributed by atoms with Crippen LogP contribution in [0.2, 0.25) is 0 Å². The van der Waals surface area contributed by atoms with Crippen LogP contribution in [0.4, 0.5) is 0 Å². The molecule has 0 saturated carbocycles. The number of carbonyl (C=O) groups is 1. The Morgan fingerprint density at radius 3 is 2.78 bits per heavy atom. The van der Waals surface area contributed by atoms with E-state index in [1.165, 1.54) is 0 Å². The summed E-state index contributed by atoms with van der Waals surface area (Å²) in [5, 5.41) is 0. The lowest BCUT2D eigenvalue weighted by atomic mass is 10.1. The number of rotatable bonds is 5. The predicted octanol–water partition coefficient (Wildman–Crippen LogP) is 1.81. The van der Waals surface area contributed by atoms with Crippen molar-refractivity contribution < 1.29 is 17.9 Å². The normalized spacial score (nSPS) is 24.9. The van der Waals surface area contributed by atoms with Crippen LogP contribution >= 0.6 is 0 Å². The molecule has 2 aliphatic heterocycles. The molecule has 6 heteroatoms. The molecule has 5 nitrogen and oxygen atoms in total. The summed E-state index contributed by atoms with van der Waals surface area (Å²) >= 11 is 0. The van der Waals surface area contributed by atoms with Crippen LogP contribution in [0.5, 0.6) is 5.75 Å². The van der Waals surface area contributed by atoms with Crippen molar-refractivity contribution in [2.75, 3.05) is 18.1 Å². The van der Waals surface area contributed by atoms with E-state index in [1.807, 2.05) is 24.3 Å². The van der Waals surface area contributed by atoms with Gasteiger partial charge in [-0.1, -0.05) is 31.5 Å². The number of benzene rings is 1. The number of fused-ring (bicyclic) bond motifs is 1. The molecule has 0 aliphatic carbocycles. The van der Waals surface area contributed by atoms with Crippen molar-refractivity contribution in [1.29, 1.82) is 0 Å². The molecule has 2 unspecified atom stereocenters. The SMILES string of the molecule is CCCCN(C(=O)C1Cc2ccccc2O1)C1CCS(=O)(=O)C1. The van der Waals surface area contributed by atoms with Gasteiger partial charge >= 0.3 is 0 Å². The molecular weight excluding hydrogens is 314 g/mol. The largest absolute Gasteiger partial charge is 0.480 e. The van der Waals surface area contributed by atoms with Gasteiger partial charge in [-0.05, 0) is 24.5 Å². The van der Waals surface area contributed by atoms with Gasteiger partial charge in [0, 0.05) is 19.0 Å². The van der Waals surface area contributed by atoms with Crippen LogP contribution in [0.15, 0.2) is 24.3 Å². The minimum atomic E-state index is -3.01. The van der Waals surface area contributed by atoms with E-state index in [4.69, 9.17) is 4.74 Å². The highest BCUT2D eigenvalue weighted by Crippen LogP contribution is 2.30. The number of amides is 1. The minimum absolute atomic E-state index is 0.0725. The first-order valence-electron chi connectivity index (χ1n) is 8.25. The van der Waals surface area contributed by atoms with Crippen LogP contribution < -0.4 is 4.74 Å². The van der Waals surface area contributed by atoms with Crippen LogP contribution in [-0.4, -0.2) is 49.4 Å². The van der Waals surface area contributed by atoms with Gasteiger partial charge in [0.15, 0.2) is 15.9 Å². The highest BCUT2D eigenvalue weighted by atomic mass is 32.2. The maximum Gasteiger partial charge on any atom is 0.264 e. The van der Waals surface area contributed by atoms with Crippen LogP contribution in [-0.2, 0) is 21.1 Å². The maximum atomic E-state index is 12.9. The van der Waals surface area contributed by atoms with E-state index in [-0.39, 0.29) is 23.5 Å². The Labute approximate surface area is 137 Å². The summed E-state index contributed by atoms with van der Waals surface area (Å²) in [5.41, 5.74) is 1.04. The zero-order chi connectivity index (χ0) is 16.4. The summed E-state index contributed by atoms with van der Waals surface area (Å²) in [4.78, 5) is 14.7. The van der Waals surface area contributed by atoms with E-state index in [0.717, 1.165) is 24.2 Å². The fourth-order valence-electron chi connectivity index (χ4n) is 3.33. The Balaban J connectivity index is 1.74. The van der Waals surface area contributed by atoms with Gasteiger partial charge < -0.3 is 9.64 Å². The fourth-order valence-corrected chi connectivity index (χ4v) is 5.06. The average molecular weight is 337 g/mol. The summed E-state index contributed by atoms with van der Waals surface area (Å²) < 4.78 is 29.3. The molecule has 1 aromatic rings. The second-order valence-electron chi connectivity index (χ2n) is 6.36. The van der Waals surface area contributed by atoms with Crippen molar-refractivity contribution in [2.45, 2.75) is 44.8 Å². The molecule has 2 atom stereocenters. The number of sulfone groups is 1. The highest BCUT2D eigenvalue weighted by molar-refractivity contribution is 7.91. The lowest BCUT2D eigenvalue weighted by molar-refractivity contribution is -0.140. The molecule has 2 heterocycles. The number of ether oxygens (including phenoxy) is 1. The van der Waals surface area contributed by atoms with E-state index in [2.05, 4.69) is 6.92 Å². The highest BCUT2D eigenvalue weighted by Gasteiger charge is 2.39. The molecular formula is C17H23NO4S. The Morgan fingerprint density at radius 2 is 2.13 bits per heavy atom. The Morgan fingerprint density at radius 1 is 1.35 bits per heavy atom.